The maximum Gasteiger partial charge on any atom is 0.0317 e. The van der Waals surface area contributed by atoms with Crippen molar-refractivity contribution in [3.63, 3.8) is 0 Å². The lowest BCUT2D eigenvalue weighted by Crippen LogP contribution is -2.01. The third kappa shape index (κ3) is 1.98. The Balaban J connectivity index is 3.34. The van der Waals surface area contributed by atoms with E-state index in [4.69, 9.17) is 5.73 Å². The van der Waals surface area contributed by atoms with Crippen LogP contribution >= 0.6 is 0 Å². The molecule has 0 saturated carbocycles. The van der Waals surface area contributed by atoms with Crippen molar-refractivity contribution < 1.29 is 0 Å². The van der Waals surface area contributed by atoms with Crippen molar-refractivity contribution in [2.45, 2.75) is 33.6 Å². The van der Waals surface area contributed by atoms with Crippen LogP contribution in [0, 0.1) is 13.8 Å². The van der Waals surface area contributed by atoms with Crippen LogP contribution in [0.2, 0.25) is 0 Å². The molecule has 0 heterocycles. The van der Waals surface area contributed by atoms with Crippen LogP contribution in [-0.4, -0.2) is 0 Å². The second kappa shape index (κ2) is 3.87. The fraction of sp³-hybridized carbons (Fsp3) is 0.385. The van der Waals surface area contributed by atoms with Crippen LogP contribution in [0.15, 0.2) is 18.7 Å². The number of rotatable bonds is 2. The van der Waals surface area contributed by atoms with Gasteiger partial charge in [0.15, 0.2) is 0 Å². The summed E-state index contributed by atoms with van der Waals surface area (Å²) in [5.74, 6) is 0.536. The Bertz CT molecular complexity index is 362. The molecule has 0 aliphatic carbocycles. The Kier molecular flexibility index (Phi) is 3.00. The number of hydrogen-bond donors (Lipinski definition) is 1. The van der Waals surface area contributed by atoms with Gasteiger partial charge < -0.3 is 5.73 Å². The molecule has 0 bridgehead atoms. The van der Waals surface area contributed by atoms with Crippen LogP contribution in [0.5, 0.6) is 0 Å². The molecule has 0 atom stereocenters. The highest BCUT2D eigenvalue weighted by atomic mass is 14.6. The molecule has 0 aromatic heterocycles. The molecule has 2 N–H and O–H groups in total. The number of aryl methyl sites for hydroxylation is 2. The van der Waals surface area contributed by atoms with E-state index in [1.165, 1.54) is 16.7 Å². The summed E-state index contributed by atoms with van der Waals surface area (Å²) in [6.07, 6.45) is 0. The topological polar surface area (TPSA) is 26.0 Å². The lowest BCUT2D eigenvalue weighted by molar-refractivity contribution is 0.854. The van der Waals surface area contributed by atoms with Gasteiger partial charge in [-0.05, 0) is 48.1 Å². The molecule has 76 valence electrons. The summed E-state index contributed by atoms with van der Waals surface area (Å²) in [6.45, 7) is 12.4. The van der Waals surface area contributed by atoms with Gasteiger partial charge in [-0.15, -0.1) is 0 Å². The van der Waals surface area contributed by atoms with Crippen LogP contribution in [0.3, 0.4) is 0 Å². The zero-order chi connectivity index (χ0) is 10.9. The number of benzene rings is 1. The summed E-state index contributed by atoms with van der Waals surface area (Å²) in [4.78, 5) is 0. The highest BCUT2D eigenvalue weighted by Crippen LogP contribution is 2.24. The van der Waals surface area contributed by atoms with Crippen LogP contribution in [0.1, 0.15) is 42.0 Å². The summed E-state index contributed by atoms with van der Waals surface area (Å²) < 4.78 is 0. The molecule has 0 unspecified atom stereocenters. The highest BCUT2D eigenvalue weighted by molar-refractivity contribution is 5.65. The molecular formula is C13H19N. The molecule has 14 heavy (non-hydrogen) atoms. The van der Waals surface area contributed by atoms with Gasteiger partial charge in [-0.25, -0.2) is 0 Å². The minimum absolute atomic E-state index is 0.536. The van der Waals surface area contributed by atoms with E-state index in [2.05, 4.69) is 46.4 Å². The fourth-order valence-corrected chi connectivity index (χ4v) is 1.84. The zero-order valence-electron chi connectivity index (χ0n) is 9.52. The van der Waals surface area contributed by atoms with E-state index < -0.39 is 0 Å². The lowest BCUT2D eigenvalue weighted by atomic mass is 9.92. The molecule has 0 spiro atoms. The molecule has 1 aromatic rings. The largest absolute Gasteiger partial charge is 0.399 e. The fourth-order valence-electron chi connectivity index (χ4n) is 1.84. The minimum atomic E-state index is 0.536. The Labute approximate surface area is 86.6 Å². The Morgan fingerprint density at radius 3 is 2.21 bits per heavy atom. The van der Waals surface area contributed by atoms with Crippen molar-refractivity contribution in [2.75, 3.05) is 0 Å². The van der Waals surface area contributed by atoms with Crippen molar-refractivity contribution in [2.24, 2.45) is 5.73 Å². The summed E-state index contributed by atoms with van der Waals surface area (Å²) in [6, 6.07) is 4.35. The SMILES string of the molecule is C=C(N)c1cc(C(C)C)c(C)cc1C. The third-order valence-corrected chi connectivity index (χ3v) is 2.58. The smallest absolute Gasteiger partial charge is 0.0317 e. The molecule has 1 nitrogen and oxygen atoms in total. The normalized spacial score (nSPS) is 10.6. The molecule has 0 aliphatic rings. The van der Waals surface area contributed by atoms with Crippen molar-refractivity contribution in [1.29, 1.82) is 0 Å². The monoisotopic (exact) mass is 189 g/mol. The van der Waals surface area contributed by atoms with E-state index >= 15 is 0 Å². The van der Waals surface area contributed by atoms with Crippen LogP contribution < -0.4 is 5.73 Å². The molecule has 0 radical (unpaired) electrons. The van der Waals surface area contributed by atoms with Crippen molar-refractivity contribution in [3.8, 4) is 0 Å². The summed E-state index contributed by atoms with van der Waals surface area (Å²) >= 11 is 0. The predicted octanol–water partition coefficient (Wildman–Crippen LogP) is 3.36. The van der Waals surface area contributed by atoms with E-state index in [1.54, 1.807) is 0 Å². The van der Waals surface area contributed by atoms with E-state index in [-0.39, 0.29) is 0 Å². The van der Waals surface area contributed by atoms with Crippen LogP contribution in [0.25, 0.3) is 5.70 Å². The first-order chi connectivity index (χ1) is 6.43. The van der Waals surface area contributed by atoms with Crippen molar-refractivity contribution in [1.82, 2.24) is 0 Å². The maximum absolute atomic E-state index is 5.74. The lowest BCUT2D eigenvalue weighted by Gasteiger charge is -2.14. The second-order valence-electron chi connectivity index (χ2n) is 4.20. The average Bonchev–Trinajstić information content (AvgIpc) is 2.02. The summed E-state index contributed by atoms with van der Waals surface area (Å²) in [7, 11) is 0. The average molecular weight is 189 g/mol. The van der Waals surface area contributed by atoms with Gasteiger partial charge in [-0.2, -0.15) is 0 Å². The molecule has 0 amide bonds. The van der Waals surface area contributed by atoms with Gasteiger partial charge in [0.25, 0.3) is 0 Å². The Morgan fingerprint density at radius 1 is 1.21 bits per heavy atom. The first kappa shape index (κ1) is 10.8. The quantitative estimate of drug-likeness (QED) is 0.758. The third-order valence-electron chi connectivity index (χ3n) is 2.58. The van der Waals surface area contributed by atoms with Gasteiger partial charge in [-0.1, -0.05) is 26.5 Å². The molecule has 0 fully saturated rings. The number of hydrogen-bond acceptors (Lipinski definition) is 1. The standard InChI is InChI=1S/C13H19N/c1-8(2)12-7-13(11(5)14)10(4)6-9(12)3/h6-8H,5,14H2,1-4H3. The van der Waals surface area contributed by atoms with E-state index in [1.807, 2.05) is 0 Å². The first-order valence-corrected chi connectivity index (χ1v) is 4.99. The van der Waals surface area contributed by atoms with Crippen molar-refractivity contribution in [3.05, 3.63) is 41.0 Å². The van der Waals surface area contributed by atoms with Gasteiger partial charge in [0, 0.05) is 5.70 Å². The predicted molar refractivity (Wildman–Crippen MR) is 63.2 cm³/mol. The minimum Gasteiger partial charge on any atom is -0.399 e. The van der Waals surface area contributed by atoms with Crippen LogP contribution in [-0.2, 0) is 0 Å². The summed E-state index contributed by atoms with van der Waals surface area (Å²) in [5, 5.41) is 0. The number of nitrogens with two attached hydrogens (primary N) is 1. The van der Waals surface area contributed by atoms with Crippen LogP contribution in [0.4, 0.5) is 0 Å². The van der Waals surface area contributed by atoms with Gasteiger partial charge in [0.05, 0.1) is 0 Å². The van der Waals surface area contributed by atoms with E-state index in [9.17, 15) is 0 Å². The molecule has 0 saturated heterocycles. The maximum atomic E-state index is 5.74. The Morgan fingerprint density at radius 2 is 1.79 bits per heavy atom. The molecule has 1 rings (SSSR count). The van der Waals surface area contributed by atoms with Crippen molar-refractivity contribution >= 4 is 5.70 Å². The van der Waals surface area contributed by atoms with Gasteiger partial charge in [0.1, 0.15) is 0 Å². The molecular weight excluding hydrogens is 170 g/mol. The van der Waals surface area contributed by atoms with Gasteiger partial charge in [-0.3, -0.25) is 0 Å². The molecule has 0 aliphatic heterocycles. The molecule has 1 heteroatoms. The van der Waals surface area contributed by atoms with E-state index in [0.29, 0.717) is 11.6 Å². The zero-order valence-corrected chi connectivity index (χ0v) is 9.52. The Hall–Kier alpha value is -1.24. The second-order valence-corrected chi connectivity index (χ2v) is 4.20. The van der Waals surface area contributed by atoms with Gasteiger partial charge >= 0.3 is 0 Å². The summed E-state index contributed by atoms with van der Waals surface area (Å²) in [5.41, 5.74) is 11.4. The highest BCUT2D eigenvalue weighted by Gasteiger charge is 2.08. The first-order valence-electron chi connectivity index (χ1n) is 4.99. The molecule has 1 aromatic carbocycles. The van der Waals surface area contributed by atoms with E-state index in [0.717, 1.165) is 5.56 Å². The van der Waals surface area contributed by atoms with Gasteiger partial charge in [0.2, 0.25) is 0 Å².